The molecule has 0 saturated carbocycles. The predicted molar refractivity (Wildman–Crippen MR) is 211 cm³/mol. The Morgan fingerprint density at radius 1 is 0.509 bits per heavy atom. The molecular weight excluding hydrogens is 832 g/mol. The Morgan fingerprint density at radius 2 is 0.943 bits per heavy atom. The van der Waals surface area contributed by atoms with Gasteiger partial charge < -0.3 is 24.3 Å². The average Bonchev–Trinajstić information content (AvgIpc) is 3.79. The Balaban J connectivity index is 0.00000372. The maximum atomic E-state index is 6.52. The van der Waals surface area contributed by atoms with Gasteiger partial charge in [0.2, 0.25) is 0 Å². The van der Waals surface area contributed by atoms with E-state index in [1.807, 2.05) is 24.3 Å². The standard InChI is InChI=1S/C47H40N4O.Pt/c1-45(2,3)31-21-23-41-43(25-31)48-29-50(41)47(39-19-9-7-17-37(39)38-18-8-10-20-40(38)47)51-30-49(44-26-32(46(4,5)6)22-24-42(44)51)34-14-12-16-36(28-34)52-35-15-11-13-33(48)27-35;/h7-26,29-30H,1-6H3;/q-4;+4. The Labute approximate surface area is 327 Å². The molecule has 0 N–H and O–H groups in total. The molecule has 0 unspecified atom stereocenters. The van der Waals surface area contributed by atoms with Crippen LogP contribution in [0.5, 0.6) is 11.5 Å². The molecule has 4 aliphatic rings. The van der Waals surface area contributed by atoms with Gasteiger partial charge in [0.25, 0.3) is 0 Å². The summed E-state index contributed by atoms with van der Waals surface area (Å²) in [4.78, 5) is 9.56. The van der Waals surface area contributed by atoms with Crippen molar-refractivity contribution in [3.63, 3.8) is 0 Å². The second-order valence-corrected chi connectivity index (χ2v) is 16.3. The molecule has 1 spiro atoms. The normalized spacial score (nSPS) is 16.0. The van der Waals surface area contributed by atoms with Crippen molar-refractivity contribution in [3.05, 3.63) is 169 Å². The second kappa shape index (κ2) is 11.8. The number of anilines is 6. The summed E-state index contributed by atoms with van der Waals surface area (Å²) in [6, 6.07) is 51.3. The van der Waals surface area contributed by atoms with Crippen LogP contribution in [-0.4, -0.2) is 0 Å². The zero-order valence-corrected chi connectivity index (χ0v) is 33.0. The third-order valence-corrected chi connectivity index (χ3v) is 11.0. The van der Waals surface area contributed by atoms with E-state index in [2.05, 4.69) is 184 Å². The van der Waals surface area contributed by atoms with E-state index in [0.29, 0.717) is 11.5 Å². The number of nitrogens with zero attached hydrogens (tertiary/aromatic N) is 4. The monoisotopic (exact) mass is 871 g/mol. The Kier molecular flexibility index (Phi) is 7.50. The van der Waals surface area contributed by atoms with Crippen LogP contribution in [0.1, 0.15) is 63.8 Å². The van der Waals surface area contributed by atoms with Crippen LogP contribution < -0.4 is 24.3 Å². The smallest absolute Gasteiger partial charge is 0.509 e. The molecule has 6 aromatic rings. The fourth-order valence-corrected chi connectivity index (χ4v) is 8.37. The molecule has 8 bridgehead atoms. The summed E-state index contributed by atoms with van der Waals surface area (Å²) < 4.78 is 6.52. The minimum absolute atomic E-state index is 0. The molecule has 5 nitrogen and oxygen atoms in total. The molecule has 3 heterocycles. The molecule has 53 heavy (non-hydrogen) atoms. The van der Waals surface area contributed by atoms with E-state index in [1.54, 1.807) is 0 Å². The number of hydrogen-bond acceptors (Lipinski definition) is 5. The maximum absolute atomic E-state index is 6.52. The predicted octanol–water partition coefficient (Wildman–Crippen LogP) is 11.7. The fourth-order valence-electron chi connectivity index (χ4n) is 8.37. The van der Waals surface area contributed by atoms with Crippen molar-refractivity contribution in [1.82, 2.24) is 0 Å². The van der Waals surface area contributed by atoms with Gasteiger partial charge in [-0.3, -0.25) is 0 Å². The van der Waals surface area contributed by atoms with Gasteiger partial charge >= 0.3 is 21.1 Å². The number of fused-ring (bicyclic) bond motifs is 23. The molecule has 0 amide bonds. The summed E-state index contributed by atoms with van der Waals surface area (Å²) in [6.07, 6.45) is 0. The van der Waals surface area contributed by atoms with Crippen molar-refractivity contribution in [3.8, 4) is 22.6 Å². The summed E-state index contributed by atoms with van der Waals surface area (Å²) in [5, 5.41) is 0. The third kappa shape index (κ3) is 4.93. The Bertz CT molecular complexity index is 2260. The zero-order valence-electron chi connectivity index (χ0n) is 30.7. The molecule has 10 rings (SSSR count). The summed E-state index contributed by atoms with van der Waals surface area (Å²) >= 11 is 0. The van der Waals surface area contributed by atoms with E-state index in [4.69, 9.17) is 4.74 Å². The first-order chi connectivity index (χ1) is 25.0. The van der Waals surface area contributed by atoms with Crippen molar-refractivity contribution in [2.75, 3.05) is 19.6 Å². The van der Waals surface area contributed by atoms with E-state index in [0.717, 1.165) is 34.1 Å². The molecule has 264 valence electrons. The summed E-state index contributed by atoms with van der Waals surface area (Å²) in [6.45, 7) is 18.2. The van der Waals surface area contributed by atoms with Gasteiger partial charge in [0.05, 0.1) is 0 Å². The van der Waals surface area contributed by atoms with Crippen LogP contribution in [0.4, 0.5) is 34.1 Å². The van der Waals surface area contributed by atoms with E-state index in [9.17, 15) is 0 Å². The van der Waals surface area contributed by atoms with Gasteiger partial charge in [0.15, 0.2) is 0 Å². The second-order valence-electron chi connectivity index (χ2n) is 16.3. The van der Waals surface area contributed by atoms with E-state index >= 15 is 0 Å². The van der Waals surface area contributed by atoms with E-state index in [1.165, 1.54) is 33.4 Å². The molecule has 0 saturated heterocycles. The molecule has 0 aromatic heterocycles. The van der Waals surface area contributed by atoms with Crippen LogP contribution in [0.25, 0.3) is 11.1 Å². The van der Waals surface area contributed by atoms with Gasteiger partial charge in [0, 0.05) is 45.4 Å². The van der Waals surface area contributed by atoms with Crippen LogP contribution >= 0.6 is 0 Å². The topological polar surface area (TPSA) is 22.2 Å². The zero-order chi connectivity index (χ0) is 35.6. The van der Waals surface area contributed by atoms with Crippen LogP contribution in [0.3, 0.4) is 0 Å². The number of rotatable bonds is 0. The molecule has 0 fully saturated rings. The quantitative estimate of drug-likeness (QED) is 0.141. The Morgan fingerprint density at radius 3 is 1.38 bits per heavy atom. The van der Waals surface area contributed by atoms with Crippen molar-refractivity contribution in [2.24, 2.45) is 0 Å². The van der Waals surface area contributed by atoms with Crippen molar-refractivity contribution < 1.29 is 25.8 Å². The fraction of sp³-hybridized carbons (Fsp3) is 0.191. The van der Waals surface area contributed by atoms with Crippen molar-refractivity contribution in [1.29, 1.82) is 0 Å². The first-order valence-electron chi connectivity index (χ1n) is 18.1. The molecule has 3 aliphatic heterocycles. The summed E-state index contributed by atoms with van der Waals surface area (Å²) in [5.74, 6) is 1.27. The van der Waals surface area contributed by atoms with Crippen LogP contribution in [-0.2, 0) is 37.6 Å². The van der Waals surface area contributed by atoms with Gasteiger partial charge in [-0.15, -0.1) is 61.1 Å². The number of benzene rings is 6. The average molecular weight is 872 g/mol. The van der Waals surface area contributed by atoms with E-state index in [-0.39, 0.29) is 31.9 Å². The van der Waals surface area contributed by atoms with Gasteiger partial charge in [-0.2, -0.15) is 12.1 Å². The molecule has 6 heteroatoms. The van der Waals surface area contributed by atoms with Crippen molar-refractivity contribution >= 4 is 34.1 Å². The number of hydrogen-bond donors (Lipinski definition) is 0. The molecule has 0 radical (unpaired) electrons. The van der Waals surface area contributed by atoms with E-state index < -0.39 is 5.66 Å². The van der Waals surface area contributed by atoms with Gasteiger partial charge in [0.1, 0.15) is 5.66 Å². The van der Waals surface area contributed by atoms with Gasteiger partial charge in [-0.1, -0.05) is 102 Å². The molecule has 1 aliphatic carbocycles. The van der Waals surface area contributed by atoms with Crippen LogP contribution in [0.15, 0.2) is 121 Å². The summed E-state index contributed by atoms with van der Waals surface area (Å²) in [7, 11) is 0. The Hall–Kier alpha value is -4.99. The van der Waals surface area contributed by atoms with Crippen molar-refractivity contribution in [2.45, 2.75) is 58.0 Å². The molecule has 6 aromatic carbocycles. The minimum atomic E-state index is -0.803. The SMILES string of the molecule is CC(C)(C)c1ccc2c(c1)N1[CH-]N2C2(c3ccccc3-c3ccccc32)N2[CH-]N(c3[c-]c(ccc3)Oc3[c-]c1ccc3)c1cc(C(C)(C)C)ccc12.[Pt+4]. The summed E-state index contributed by atoms with van der Waals surface area (Å²) in [5.41, 5.74) is 12.8. The van der Waals surface area contributed by atoms with Gasteiger partial charge in [-0.05, 0) is 57.3 Å². The van der Waals surface area contributed by atoms with Crippen LogP contribution in [0, 0.1) is 25.5 Å². The first-order valence-corrected chi connectivity index (χ1v) is 18.1. The maximum Gasteiger partial charge on any atom is 4.00 e. The van der Waals surface area contributed by atoms with Crippen LogP contribution in [0.2, 0.25) is 0 Å². The minimum Gasteiger partial charge on any atom is -0.509 e. The van der Waals surface area contributed by atoms with Gasteiger partial charge in [-0.25, -0.2) is 0 Å². The molecule has 0 atom stereocenters. The number of ether oxygens (including phenoxy) is 1. The molecular formula is C47H40N4OPt. The first kappa shape index (κ1) is 33.8. The largest absolute Gasteiger partial charge is 4.00 e. The third-order valence-electron chi connectivity index (χ3n) is 11.0.